The molecular formula is C17H26N4O3. The molecule has 0 saturated carbocycles. The summed E-state index contributed by atoms with van der Waals surface area (Å²) in [5.41, 5.74) is 0.167. The topological polar surface area (TPSA) is 78.8 Å². The average Bonchev–Trinajstić information content (AvgIpc) is 2.55. The molecule has 0 spiro atoms. The molecule has 1 amide bonds. The molecule has 1 aromatic rings. The van der Waals surface area contributed by atoms with E-state index >= 15 is 0 Å². The number of β-amino-alcohol motifs (C(OH)–C–C–N with tert-alkyl or cyclic N) is 1. The molecule has 2 fully saturated rings. The van der Waals surface area contributed by atoms with Crippen LogP contribution in [0, 0.1) is 6.92 Å². The van der Waals surface area contributed by atoms with E-state index in [0.29, 0.717) is 39.1 Å². The van der Waals surface area contributed by atoms with Crippen LogP contribution in [0.15, 0.2) is 12.3 Å². The molecule has 7 heteroatoms. The number of piperidine rings is 1. The van der Waals surface area contributed by atoms with Crippen LogP contribution < -0.4 is 0 Å². The zero-order valence-corrected chi connectivity index (χ0v) is 14.4. The molecule has 1 N–H and O–H groups in total. The van der Waals surface area contributed by atoms with Gasteiger partial charge in [0, 0.05) is 45.8 Å². The fraction of sp³-hybridized carbons (Fsp3) is 0.706. The van der Waals surface area contributed by atoms with E-state index in [4.69, 9.17) is 4.74 Å². The standard InChI is InChI=1S/C17H26N4O3/c1-13-18-6-3-15(19-13)16-11-20(9-10-24-16)12-17(23)4-7-21(8-5-17)14(2)22/h3,6,16,23H,4-5,7-12H2,1-2H3. The lowest BCUT2D eigenvalue weighted by Gasteiger charge is -2.42. The molecule has 2 aliphatic heterocycles. The molecule has 132 valence electrons. The van der Waals surface area contributed by atoms with Gasteiger partial charge in [-0.3, -0.25) is 9.69 Å². The van der Waals surface area contributed by atoms with Gasteiger partial charge in [-0.05, 0) is 25.8 Å². The number of aryl methyl sites for hydroxylation is 1. The molecule has 7 nitrogen and oxygen atoms in total. The maximum Gasteiger partial charge on any atom is 0.219 e. The lowest BCUT2D eigenvalue weighted by molar-refractivity contribution is -0.134. The molecule has 24 heavy (non-hydrogen) atoms. The maximum atomic E-state index is 11.4. The number of aliphatic hydroxyl groups is 1. The molecule has 3 heterocycles. The van der Waals surface area contributed by atoms with Gasteiger partial charge in [0.1, 0.15) is 11.9 Å². The summed E-state index contributed by atoms with van der Waals surface area (Å²) in [6, 6.07) is 1.89. The number of hydrogen-bond donors (Lipinski definition) is 1. The van der Waals surface area contributed by atoms with E-state index < -0.39 is 5.60 Å². The van der Waals surface area contributed by atoms with Crippen molar-refractivity contribution in [2.24, 2.45) is 0 Å². The first-order valence-electron chi connectivity index (χ1n) is 8.57. The highest BCUT2D eigenvalue weighted by Gasteiger charge is 2.36. The zero-order valence-electron chi connectivity index (χ0n) is 14.4. The number of rotatable bonds is 3. The number of likely N-dealkylation sites (tertiary alicyclic amines) is 1. The molecule has 0 aromatic carbocycles. The van der Waals surface area contributed by atoms with Crippen LogP contribution in [-0.4, -0.2) is 75.7 Å². The lowest BCUT2D eigenvalue weighted by atomic mass is 9.90. The van der Waals surface area contributed by atoms with Crippen molar-refractivity contribution in [1.82, 2.24) is 19.8 Å². The Hall–Kier alpha value is -1.57. The molecule has 2 saturated heterocycles. The largest absolute Gasteiger partial charge is 0.388 e. The van der Waals surface area contributed by atoms with E-state index in [1.54, 1.807) is 18.0 Å². The van der Waals surface area contributed by atoms with Gasteiger partial charge in [0.05, 0.1) is 17.9 Å². The first-order valence-corrected chi connectivity index (χ1v) is 8.57. The van der Waals surface area contributed by atoms with Crippen LogP contribution in [0.5, 0.6) is 0 Å². The summed E-state index contributed by atoms with van der Waals surface area (Å²) < 4.78 is 5.85. The smallest absolute Gasteiger partial charge is 0.219 e. The summed E-state index contributed by atoms with van der Waals surface area (Å²) in [7, 11) is 0. The predicted molar refractivity (Wildman–Crippen MR) is 88.3 cm³/mol. The van der Waals surface area contributed by atoms with Gasteiger partial charge < -0.3 is 14.7 Å². The van der Waals surface area contributed by atoms with Crippen LogP contribution in [0.25, 0.3) is 0 Å². The van der Waals surface area contributed by atoms with Gasteiger partial charge in [-0.15, -0.1) is 0 Å². The van der Waals surface area contributed by atoms with Crippen LogP contribution in [0.4, 0.5) is 0 Å². The average molecular weight is 334 g/mol. The third-order valence-electron chi connectivity index (χ3n) is 4.94. The van der Waals surface area contributed by atoms with Gasteiger partial charge in [-0.2, -0.15) is 0 Å². The van der Waals surface area contributed by atoms with Crippen LogP contribution in [-0.2, 0) is 9.53 Å². The third kappa shape index (κ3) is 4.09. The summed E-state index contributed by atoms with van der Waals surface area (Å²) in [6.45, 7) is 7.48. The molecule has 0 radical (unpaired) electrons. The Morgan fingerprint density at radius 1 is 1.42 bits per heavy atom. The number of nitrogens with zero attached hydrogens (tertiary/aromatic N) is 4. The summed E-state index contributed by atoms with van der Waals surface area (Å²) in [5, 5.41) is 10.9. The zero-order chi connectivity index (χ0) is 17.2. The summed E-state index contributed by atoms with van der Waals surface area (Å²) in [5.74, 6) is 0.825. The number of amides is 1. The summed E-state index contributed by atoms with van der Waals surface area (Å²) >= 11 is 0. The van der Waals surface area contributed by atoms with E-state index in [1.165, 1.54) is 0 Å². The monoisotopic (exact) mass is 334 g/mol. The van der Waals surface area contributed by atoms with Crippen LogP contribution >= 0.6 is 0 Å². The minimum atomic E-state index is -0.727. The molecule has 3 rings (SSSR count). The number of carbonyl (C=O) groups is 1. The second-order valence-corrected chi connectivity index (χ2v) is 6.85. The number of aromatic nitrogens is 2. The molecule has 1 unspecified atom stereocenters. The molecule has 1 atom stereocenters. The number of carbonyl (C=O) groups excluding carboxylic acids is 1. The molecule has 1 aromatic heterocycles. The van der Waals surface area contributed by atoms with Gasteiger partial charge in [-0.1, -0.05) is 0 Å². The number of hydrogen-bond acceptors (Lipinski definition) is 6. The van der Waals surface area contributed by atoms with Crippen molar-refractivity contribution in [2.45, 2.75) is 38.4 Å². The Morgan fingerprint density at radius 3 is 2.83 bits per heavy atom. The highest BCUT2D eigenvalue weighted by atomic mass is 16.5. The van der Waals surface area contributed by atoms with Gasteiger partial charge in [0.15, 0.2) is 0 Å². The van der Waals surface area contributed by atoms with E-state index in [2.05, 4.69) is 14.9 Å². The summed E-state index contributed by atoms with van der Waals surface area (Å²) in [6.07, 6.45) is 2.93. The van der Waals surface area contributed by atoms with E-state index in [-0.39, 0.29) is 12.0 Å². The van der Waals surface area contributed by atoms with Crippen molar-refractivity contribution < 1.29 is 14.6 Å². The molecule has 0 bridgehead atoms. The first-order chi connectivity index (χ1) is 11.5. The van der Waals surface area contributed by atoms with Crippen molar-refractivity contribution >= 4 is 5.91 Å². The highest BCUT2D eigenvalue weighted by Crippen LogP contribution is 2.27. The second-order valence-electron chi connectivity index (χ2n) is 6.85. The SMILES string of the molecule is CC(=O)N1CCC(O)(CN2CCOC(c3ccnc(C)n3)C2)CC1. The van der Waals surface area contributed by atoms with Crippen molar-refractivity contribution in [1.29, 1.82) is 0 Å². The predicted octanol–water partition coefficient (Wildman–Crippen LogP) is 0.532. The van der Waals surface area contributed by atoms with Gasteiger partial charge in [-0.25, -0.2) is 9.97 Å². The maximum absolute atomic E-state index is 11.4. The quantitative estimate of drug-likeness (QED) is 0.869. The number of ether oxygens (including phenoxy) is 1. The minimum Gasteiger partial charge on any atom is -0.388 e. The van der Waals surface area contributed by atoms with E-state index in [1.807, 2.05) is 13.0 Å². The normalized spacial score (nSPS) is 24.8. The van der Waals surface area contributed by atoms with Crippen molar-refractivity contribution in [2.75, 3.05) is 39.3 Å². The van der Waals surface area contributed by atoms with E-state index in [9.17, 15) is 9.90 Å². The molecule has 2 aliphatic rings. The Bertz CT molecular complexity index is 587. The molecule has 0 aliphatic carbocycles. The van der Waals surface area contributed by atoms with Crippen molar-refractivity contribution in [3.05, 3.63) is 23.8 Å². The highest BCUT2D eigenvalue weighted by molar-refractivity contribution is 5.73. The van der Waals surface area contributed by atoms with Crippen LogP contribution in [0.2, 0.25) is 0 Å². The van der Waals surface area contributed by atoms with Crippen LogP contribution in [0.1, 0.15) is 37.4 Å². The van der Waals surface area contributed by atoms with Gasteiger partial charge >= 0.3 is 0 Å². The van der Waals surface area contributed by atoms with Crippen LogP contribution in [0.3, 0.4) is 0 Å². The van der Waals surface area contributed by atoms with Gasteiger partial charge in [0.25, 0.3) is 0 Å². The fourth-order valence-electron chi connectivity index (χ4n) is 3.49. The van der Waals surface area contributed by atoms with E-state index in [0.717, 1.165) is 24.6 Å². The number of morpholine rings is 1. The summed E-state index contributed by atoms with van der Waals surface area (Å²) in [4.78, 5) is 24.1. The Labute approximate surface area is 142 Å². The van der Waals surface area contributed by atoms with Gasteiger partial charge in [0.2, 0.25) is 5.91 Å². The second kappa shape index (κ2) is 7.13. The molecular weight excluding hydrogens is 308 g/mol. The third-order valence-corrected chi connectivity index (χ3v) is 4.94. The lowest BCUT2D eigenvalue weighted by Crippen LogP contribution is -2.53. The first kappa shape index (κ1) is 17.3. The van der Waals surface area contributed by atoms with Crippen molar-refractivity contribution in [3.63, 3.8) is 0 Å². The minimum absolute atomic E-state index is 0.0821. The fourth-order valence-corrected chi connectivity index (χ4v) is 3.49. The Morgan fingerprint density at radius 2 is 2.17 bits per heavy atom. The Kier molecular flexibility index (Phi) is 5.12. The van der Waals surface area contributed by atoms with Crippen molar-refractivity contribution in [3.8, 4) is 0 Å². The Balaban J connectivity index is 1.58.